The number of carbonyl (C=O) groups excluding carboxylic acids is 1. The van der Waals surface area contributed by atoms with Crippen molar-refractivity contribution in [2.24, 2.45) is 0 Å². The van der Waals surface area contributed by atoms with Crippen molar-refractivity contribution in [2.75, 3.05) is 16.7 Å². The molecular formula is C5H11INOS+. The van der Waals surface area contributed by atoms with Crippen LogP contribution in [0.4, 0.5) is 0 Å². The van der Waals surface area contributed by atoms with E-state index < -0.39 is 0 Å². The first kappa shape index (κ1) is 9.55. The Labute approximate surface area is 74.3 Å². The Morgan fingerprint density at radius 1 is 1.67 bits per heavy atom. The molecule has 54 valence electrons. The zero-order valence-corrected chi connectivity index (χ0v) is 8.27. The van der Waals surface area contributed by atoms with E-state index in [-0.39, 0.29) is 5.91 Å². The molecular weight excluding hydrogens is 249 g/mol. The van der Waals surface area contributed by atoms with Crippen LogP contribution < -0.4 is 5.32 Å². The second kappa shape index (κ2) is 6.67. The van der Waals surface area contributed by atoms with Gasteiger partial charge in [-0.1, -0.05) is 22.6 Å². The molecule has 4 heteroatoms. The van der Waals surface area contributed by atoms with Crippen LogP contribution in [0.25, 0.3) is 0 Å². The number of amides is 1. The van der Waals surface area contributed by atoms with Gasteiger partial charge in [0.15, 0.2) is 0 Å². The van der Waals surface area contributed by atoms with Gasteiger partial charge in [-0.2, -0.15) is 0 Å². The van der Waals surface area contributed by atoms with E-state index in [1.807, 2.05) is 22.6 Å². The number of alkyl halides is 1. The highest BCUT2D eigenvalue weighted by molar-refractivity contribution is 14.1. The van der Waals surface area contributed by atoms with Gasteiger partial charge in [-0.15, -0.1) is 0 Å². The highest BCUT2D eigenvalue weighted by Crippen LogP contribution is 1.80. The van der Waals surface area contributed by atoms with Crippen LogP contribution in [0.3, 0.4) is 0 Å². The van der Waals surface area contributed by atoms with Crippen LogP contribution >= 0.6 is 22.6 Å². The van der Waals surface area contributed by atoms with E-state index in [2.05, 4.69) is 17.9 Å². The zero-order chi connectivity index (χ0) is 7.11. The predicted molar refractivity (Wildman–Crippen MR) is 51.5 cm³/mol. The van der Waals surface area contributed by atoms with Crippen molar-refractivity contribution >= 4 is 41.1 Å². The summed E-state index contributed by atoms with van der Waals surface area (Å²) in [5.41, 5.74) is 0. The third kappa shape index (κ3) is 6.44. The molecule has 0 heterocycles. The largest absolute Gasteiger partial charge is 0.355 e. The maximum Gasteiger partial charge on any atom is 0.229 e. The molecule has 0 saturated carbocycles. The van der Waals surface area contributed by atoms with Gasteiger partial charge in [-0.05, 0) is 12.6 Å². The third-order valence-electron chi connectivity index (χ3n) is 0.797. The summed E-state index contributed by atoms with van der Waals surface area (Å²) in [5, 5.41) is 2.76. The standard InChI is InChI=1S/C5H10INOS/c6-4-5(8)7-2-1-3-9/h9H,1-4H2,(H,7,8)/p+1. The van der Waals surface area contributed by atoms with Gasteiger partial charge < -0.3 is 5.32 Å². The molecule has 2 nitrogen and oxygen atoms in total. The molecule has 1 amide bonds. The van der Waals surface area contributed by atoms with Gasteiger partial charge in [0, 0.05) is 13.0 Å². The van der Waals surface area contributed by atoms with Crippen LogP contribution in [0.5, 0.6) is 0 Å². The van der Waals surface area contributed by atoms with Crippen molar-refractivity contribution in [2.45, 2.75) is 6.42 Å². The van der Waals surface area contributed by atoms with E-state index in [0.717, 1.165) is 18.7 Å². The molecule has 0 bridgehead atoms. The fourth-order valence-corrected chi connectivity index (χ4v) is 0.810. The monoisotopic (exact) mass is 260 g/mol. The van der Waals surface area contributed by atoms with Crippen LogP contribution in [0, 0.1) is 0 Å². The van der Waals surface area contributed by atoms with Crippen LogP contribution in [0.1, 0.15) is 6.42 Å². The van der Waals surface area contributed by atoms with Crippen molar-refractivity contribution in [1.82, 2.24) is 5.32 Å². The minimum absolute atomic E-state index is 0.121. The Kier molecular flexibility index (Phi) is 7.07. The maximum absolute atomic E-state index is 10.6. The average molecular weight is 260 g/mol. The average Bonchev–Trinajstić information content (AvgIpc) is 1.89. The molecule has 0 rings (SSSR count). The quantitative estimate of drug-likeness (QED) is 0.326. The molecule has 0 unspecified atom stereocenters. The van der Waals surface area contributed by atoms with E-state index in [1.165, 1.54) is 0 Å². The maximum atomic E-state index is 10.6. The van der Waals surface area contributed by atoms with Crippen molar-refractivity contribution in [1.29, 1.82) is 0 Å². The predicted octanol–water partition coefficient (Wildman–Crippen LogP) is -0.0608. The molecule has 0 aromatic rings. The number of carbonyl (C=O) groups is 1. The molecule has 0 fully saturated rings. The second-order valence-corrected chi connectivity index (χ2v) is 2.85. The highest BCUT2D eigenvalue weighted by atomic mass is 127. The van der Waals surface area contributed by atoms with Crippen LogP contribution in [0.15, 0.2) is 0 Å². The summed E-state index contributed by atoms with van der Waals surface area (Å²) in [7, 11) is 0. The highest BCUT2D eigenvalue weighted by Gasteiger charge is 1.94. The molecule has 0 spiro atoms. The van der Waals surface area contributed by atoms with E-state index >= 15 is 0 Å². The van der Waals surface area contributed by atoms with Crippen molar-refractivity contribution in [3.05, 3.63) is 0 Å². The first-order valence-electron chi connectivity index (χ1n) is 2.78. The molecule has 0 aliphatic carbocycles. The van der Waals surface area contributed by atoms with Gasteiger partial charge in [0.25, 0.3) is 0 Å². The summed E-state index contributed by atoms with van der Waals surface area (Å²) >= 11 is 5.35. The zero-order valence-electron chi connectivity index (χ0n) is 5.11. The third-order valence-corrected chi connectivity index (χ3v) is 1.84. The fraction of sp³-hybridized carbons (Fsp3) is 0.800. The SMILES string of the molecule is O=C(CI)NCCC[SH2+]. The molecule has 0 radical (unpaired) electrons. The van der Waals surface area contributed by atoms with Crippen molar-refractivity contribution in [3.63, 3.8) is 0 Å². The minimum Gasteiger partial charge on any atom is -0.355 e. The van der Waals surface area contributed by atoms with Gasteiger partial charge >= 0.3 is 0 Å². The second-order valence-electron chi connectivity index (χ2n) is 1.59. The van der Waals surface area contributed by atoms with Gasteiger partial charge in [-0.25, -0.2) is 0 Å². The lowest BCUT2D eigenvalue weighted by molar-refractivity contribution is -0.118. The summed E-state index contributed by atoms with van der Waals surface area (Å²) < 4.78 is 0.555. The van der Waals surface area contributed by atoms with Crippen LogP contribution in [-0.2, 0) is 17.4 Å². The molecule has 1 N–H and O–H groups in total. The first-order valence-corrected chi connectivity index (χ1v) is 5.01. The van der Waals surface area contributed by atoms with Gasteiger partial charge in [0.1, 0.15) is 5.75 Å². The lowest BCUT2D eigenvalue weighted by atomic mass is 10.5. The molecule has 0 saturated heterocycles. The number of halogens is 1. The number of rotatable bonds is 4. The molecule has 0 atom stereocenters. The number of hydrogen-bond acceptors (Lipinski definition) is 1. The van der Waals surface area contributed by atoms with Gasteiger partial charge in [-0.3, -0.25) is 4.79 Å². The Balaban J connectivity index is 2.97. The molecule has 0 aromatic carbocycles. The number of hydrogen-bond donors (Lipinski definition) is 1. The van der Waals surface area contributed by atoms with Gasteiger partial charge in [0.05, 0.1) is 4.43 Å². The Morgan fingerprint density at radius 2 is 2.33 bits per heavy atom. The summed E-state index contributed by atoms with van der Waals surface area (Å²) in [6.07, 6.45) is 0.999. The Hall–Kier alpha value is 0.550. The summed E-state index contributed by atoms with van der Waals surface area (Å²) in [4.78, 5) is 10.6. The van der Waals surface area contributed by atoms with Crippen molar-refractivity contribution < 1.29 is 4.79 Å². The van der Waals surface area contributed by atoms with E-state index in [4.69, 9.17) is 0 Å². The van der Waals surface area contributed by atoms with Crippen LogP contribution in [-0.4, -0.2) is 22.6 Å². The Bertz CT molecular complexity index is 89.0. The molecule has 0 aromatic heterocycles. The first-order chi connectivity index (χ1) is 4.31. The minimum atomic E-state index is 0.121. The number of nitrogens with one attached hydrogen (secondary N) is 1. The normalized spacial score (nSPS) is 9.11. The summed E-state index contributed by atoms with van der Waals surface area (Å²) in [6, 6.07) is 0. The Morgan fingerprint density at radius 3 is 2.78 bits per heavy atom. The van der Waals surface area contributed by atoms with Crippen molar-refractivity contribution in [3.8, 4) is 0 Å². The summed E-state index contributed by atoms with van der Waals surface area (Å²) in [6.45, 7) is 0.783. The molecule has 0 aliphatic heterocycles. The lowest BCUT2D eigenvalue weighted by Crippen LogP contribution is -2.25. The lowest BCUT2D eigenvalue weighted by Gasteiger charge is -1.97. The van der Waals surface area contributed by atoms with E-state index in [0.29, 0.717) is 4.43 Å². The molecule has 9 heavy (non-hydrogen) atoms. The smallest absolute Gasteiger partial charge is 0.229 e. The summed E-state index contributed by atoms with van der Waals surface area (Å²) in [5.74, 6) is 1.07. The fourth-order valence-electron chi connectivity index (χ4n) is 0.363. The van der Waals surface area contributed by atoms with E-state index in [1.54, 1.807) is 0 Å². The van der Waals surface area contributed by atoms with Crippen LogP contribution in [0.2, 0.25) is 0 Å². The van der Waals surface area contributed by atoms with Gasteiger partial charge in [0.2, 0.25) is 5.91 Å². The topological polar surface area (TPSA) is 29.1 Å². The molecule has 0 aliphatic rings. The van der Waals surface area contributed by atoms with E-state index in [9.17, 15) is 4.79 Å².